The average molecular weight is 263 g/mol. The maximum atomic E-state index is 11.3. The van der Waals surface area contributed by atoms with Gasteiger partial charge in [0.2, 0.25) is 0 Å². The Kier molecular flexibility index (Phi) is 5.36. The van der Waals surface area contributed by atoms with Gasteiger partial charge in [-0.2, -0.15) is 0 Å². The van der Waals surface area contributed by atoms with Crippen LogP contribution < -0.4 is 0 Å². The topological polar surface area (TPSA) is 45.1 Å². The van der Waals surface area contributed by atoms with Gasteiger partial charge in [0.05, 0.1) is 19.2 Å². The molecule has 1 aromatic carbocycles. The van der Waals surface area contributed by atoms with Crippen LogP contribution in [-0.2, 0) is 11.3 Å². The Morgan fingerprint density at radius 3 is 2.05 bits per heavy atom. The molecule has 0 spiro atoms. The minimum Gasteiger partial charge on any atom is -0.465 e. The van der Waals surface area contributed by atoms with Crippen LogP contribution in [0.3, 0.4) is 0 Å². The first-order valence-electron chi connectivity index (χ1n) is 6.02. The Labute approximate surface area is 114 Å². The highest BCUT2D eigenvalue weighted by Gasteiger charge is 2.06. The van der Waals surface area contributed by atoms with Crippen molar-refractivity contribution < 1.29 is 9.53 Å². The SMILES string of the molecule is COC(=O)c1ccc(CN=C(N(C)C)N(C)C)cc1. The number of ether oxygens (including phenoxy) is 1. The molecular weight excluding hydrogens is 242 g/mol. The van der Waals surface area contributed by atoms with E-state index in [0.29, 0.717) is 12.1 Å². The number of guanidine groups is 1. The summed E-state index contributed by atoms with van der Waals surface area (Å²) in [6.45, 7) is 0.577. The van der Waals surface area contributed by atoms with Crippen LogP contribution in [0.15, 0.2) is 29.3 Å². The minimum atomic E-state index is -0.322. The number of carbonyl (C=O) groups excluding carboxylic acids is 1. The van der Waals surface area contributed by atoms with Crippen molar-refractivity contribution in [3.05, 3.63) is 35.4 Å². The van der Waals surface area contributed by atoms with E-state index in [-0.39, 0.29) is 5.97 Å². The lowest BCUT2D eigenvalue weighted by molar-refractivity contribution is 0.0600. The first-order valence-corrected chi connectivity index (χ1v) is 6.02. The van der Waals surface area contributed by atoms with E-state index in [1.54, 1.807) is 12.1 Å². The number of benzene rings is 1. The van der Waals surface area contributed by atoms with Gasteiger partial charge in [0.15, 0.2) is 5.96 Å². The van der Waals surface area contributed by atoms with Crippen LogP contribution in [-0.4, -0.2) is 57.0 Å². The fourth-order valence-electron chi connectivity index (χ4n) is 1.71. The highest BCUT2D eigenvalue weighted by Crippen LogP contribution is 2.07. The molecule has 19 heavy (non-hydrogen) atoms. The fourth-order valence-corrected chi connectivity index (χ4v) is 1.71. The molecule has 1 aromatic rings. The molecule has 0 fully saturated rings. The Morgan fingerprint density at radius 2 is 1.63 bits per heavy atom. The van der Waals surface area contributed by atoms with Gasteiger partial charge in [-0.25, -0.2) is 9.79 Å². The molecule has 0 saturated heterocycles. The molecule has 0 heterocycles. The predicted molar refractivity (Wildman–Crippen MR) is 76.3 cm³/mol. The summed E-state index contributed by atoms with van der Waals surface area (Å²) in [7, 11) is 9.21. The number of esters is 1. The van der Waals surface area contributed by atoms with Crippen LogP contribution in [0.5, 0.6) is 0 Å². The van der Waals surface area contributed by atoms with E-state index in [2.05, 4.69) is 9.73 Å². The van der Waals surface area contributed by atoms with E-state index in [0.717, 1.165) is 11.5 Å². The lowest BCUT2D eigenvalue weighted by Gasteiger charge is -2.22. The summed E-state index contributed by atoms with van der Waals surface area (Å²) < 4.78 is 4.66. The summed E-state index contributed by atoms with van der Waals surface area (Å²) in [5.41, 5.74) is 1.60. The highest BCUT2D eigenvalue weighted by atomic mass is 16.5. The zero-order chi connectivity index (χ0) is 14.4. The molecule has 0 aliphatic rings. The zero-order valence-corrected chi connectivity index (χ0v) is 12.2. The predicted octanol–water partition coefficient (Wildman–Crippen LogP) is 1.45. The van der Waals surface area contributed by atoms with Gasteiger partial charge in [-0.1, -0.05) is 12.1 Å². The molecule has 0 atom stereocenters. The Bertz CT molecular complexity index is 440. The molecule has 0 N–H and O–H groups in total. The molecule has 0 aliphatic heterocycles. The second-order valence-electron chi connectivity index (χ2n) is 4.59. The first-order chi connectivity index (χ1) is 8.95. The van der Waals surface area contributed by atoms with Crippen LogP contribution in [0, 0.1) is 0 Å². The summed E-state index contributed by atoms with van der Waals surface area (Å²) >= 11 is 0. The van der Waals surface area contributed by atoms with E-state index in [9.17, 15) is 4.79 Å². The third-order valence-electron chi connectivity index (χ3n) is 2.58. The first kappa shape index (κ1) is 15.0. The van der Waals surface area contributed by atoms with Crippen molar-refractivity contribution in [2.24, 2.45) is 4.99 Å². The second kappa shape index (κ2) is 6.78. The van der Waals surface area contributed by atoms with Crippen LogP contribution >= 0.6 is 0 Å². The number of hydrogen-bond acceptors (Lipinski definition) is 3. The van der Waals surface area contributed by atoms with Gasteiger partial charge in [0.1, 0.15) is 0 Å². The molecule has 0 saturated carbocycles. The van der Waals surface area contributed by atoms with Crippen LogP contribution in [0.4, 0.5) is 0 Å². The molecule has 0 bridgehead atoms. The third kappa shape index (κ3) is 4.28. The largest absolute Gasteiger partial charge is 0.465 e. The number of rotatable bonds is 3. The van der Waals surface area contributed by atoms with E-state index >= 15 is 0 Å². The van der Waals surface area contributed by atoms with E-state index in [1.807, 2.05) is 50.1 Å². The van der Waals surface area contributed by atoms with Crippen molar-refractivity contribution in [1.82, 2.24) is 9.80 Å². The zero-order valence-electron chi connectivity index (χ0n) is 12.2. The van der Waals surface area contributed by atoms with Crippen LogP contribution in [0.2, 0.25) is 0 Å². The molecule has 0 amide bonds. The smallest absolute Gasteiger partial charge is 0.337 e. The number of nitrogens with zero attached hydrogens (tertiary/aromatic N) is 3. The van der Waals surface area contributed by atoms with Crippen molar-refractivity contribution in [3.8, 4) is 0 Å². The van der Waals surface area contributed by atoms with Gasteiger partial charge in [0, 0.05) is 28.2 Å². The number of carbonyl (C=O) groups is 1. The van der Waals surface area contributed by atoms with Crippen LogP contribution in [0.1, 0.15) is 15.9 Å². The Balaban J connectivity index is 2.78. The van der Waals surface area contributed by atoms with Gasteiger partial charge in [-0.05, 0) is 17.7 Å². The van der Waals surface area contributed by atoms with Crippen molar-refractivity contribution in [2.45, 2.75) is 6.54 Å². The molecule has 1 rings (SSSR count). The number of aliphatic imine (C=N–C) groups is 1. The monoisotopic (exact) mass is 263 g/mol. The Morgan fingerprint density at radius 1 is 1.11 bits per heavy atom. The minimum absolute atomic E-state index is 0.322. The van der Waals surface area contributed by atoms with E-state index < -0.39 is 0 Å². The van der Waals surface area contributed by atoms with Crippen molar-refractivity contribution in [3.63, 3.8) is 0 Å². The van der Waals surface area contributed by atoms with E-state index in [4.69, 9.17) is 0 Å². The normalized spacial score (nSPS) is 9.74. The molecule has 104 valence electrons. The summed E-state index contributed by atoms with van der Waals surface area (Å²) in [5.74, 6) is 0.578. The number of hydrogen-bond donors (Lipinski definition) is 0. The van der Waals surface area contributed by atoms with Crippen molar-refractivity contribution in [2.75, 3.05) is 35.3 Å². The lowest BCUT2D eigenvalue weighted by atomic mass is 10.1. The quantitative estimate of drug-likeness (QED) is 0.470. The molecule has 0 unspecified atom stereocenters. The lowest BCUT2D eigenvalue weighted by Crippen LogP contribution is -2.35. The van der Waals surface area contributed by atoms with Crippen LogP contribution in [0.25, 0.3) is 0 Å². The van der Waals surface area contributed by atoms with Gasteiger partial charge in [-0.3, -0.25) is 0 Å². The summed E-state index contributed by atoms with van der Waals surface area (Å²) in [4.78, 5) is 19.8. The number of methoxy groups -OCH3 is 1. The molecule has 0 radical (unpaired) electrons. The second-order valence-corrected chi connectivity index (χ2v) is 4.59. The standard InChI is InChI=1S/C14H21N3O2/c1-16(2)14(17(3)4)15-10-11-6-8-12(9-7-11)13(18)19-5/h6-9H,10H2,1-5H3. The fraction of sp³-hybridized carbons (Fsp3) is 0.429. The van der Waals surface area contributed by atoms with Crippen molar-refractivity contribution in [1.29, 1.82) is 0 Å². The average Bonchev–Trinajstić information content (AvgIpc) is 2.38. The molecule has 5 nitrogen and oxygen atoms in total. The molecule has 0 aromatic heterocycles. The molecular formula is C14H21N3O2. The maximum absolute atomic E-state index is 11.3. The molecule has 0 aliphatic carbocycles. The van der Waals surface area contributed by atoms with Crippen molar-refractivity contribution >= 4 is 11.9 Å². The van der Waals surface area contributed by atoms with Gasteiger partial charge >= 0.3 is 5.97 Å². The van der Waals surface area contributed by atoms with E-state index in [1.165, 1.54) is 7.11 Å². The van der Waals surface area contributed by atoms with Gasteiger partial charge in [-0.15, -0.1) is 0 Å². The maximum Gasteiger partial charge on any atom is 0.337 e. The summed E-state index contributed by atoms with van der Waals surface area (Å²) in [6, 6.07) is 7.28. The summed E-state index contributed by atoms with van der Waals surface area (Å²) in [6.07, 6.45) is 0. The van der Waals surface area contributed by atoms with Gasteiger partial charge in [0.25, 0.3) is 0 Å². The third-order valence-corrected chi connectivity index (χ3v) is 2.58. The molecule has 5 heteroatoms. The summed E-state index contributed by atoms with van der Waals surface area (Å²) in [5, 5.41) is 0. The van der Waals surface area contributed by atoms with Gasteiger partial charge < -0.3 is 14.5 Å². The Hall–Kier alpha value is -2.04. The highest BCUT2D eigenvalue weighted by molar-refractivity contribution is 5.89.